The molecule has 1 aliphatic heterocycles. The molecule has 1 fully saturated rings. The Hall–Kier alpha value is -2.29. The van der Waals surface area contributed by atoms with Crippen molar-refractivity contribution in [1.29, 1.82) is 0 Å². The van der Waals surface area contributed by atoms with Crippen LogP contribution in [0.1, 0.15) is 23.1 Å². The summed E-state index contributed by atoms with van der Waals surface area (Å²) >= 11 is 0. The van der Waals surface area contributed by atoms with Crippen LogP contribution in [0, 0.1) is 24.0 Å². The molecule has 150 valence electrons. The Balaban J connectivity index is 1.80. The van der Waals surface area contributed by atoms with E-state index in [1.54, 1.807) is 13.0 Å². The summed E-state index contributed by atoms with van der Waals surface area (Å²) in [5, 5.41) is 11.4. The monoisotopic (exact) mass is 403 g/mol. The highest BCUT2D eigenvalue weighted by Crippen LogP contribution is 2.30. The normalized spacial score (nSPS) is 16.6. The van der Waals surface area contributed by atoms with Crippen molar-refractivity contribution in [1.82, 2.24) is 9.21 Å². The van der Waals surface area contributed by atoms with Crippen molar-refractivity contribution in [2.45, 2.75) is 31.7 Å². The first-order chi connectivity index (χ1) is 13.3. The van der Waals surface area contributed by atoms with E-state index in [2.05, 4.69) is 24.0 Å². The summed E-state index contributed by atoms with van der Waals surface area (Å²) < 4.78 is 27.8. The van der Waals surface area contributed by atoms with Crippen LogP contribution in [0.5, 0.6) is 0 Å². The zero-order chi connectivity index (χ0) is 20.3. The van der Waals surface area contributed by atoms with Crippen LogP contribution in [0.4, 0.5) is 5.69 Å². The largest absolute Gasteiger partial charge is 0.298 e. The average Bonchev–Trinajstić information content (AvgIpc) is 2.89. The molecule has 0 atom stereocenters. The third kappa shape index (κ3) is 4.24. The molecule has 1 heterocycles. The molecule has 0 aromatic heterocycles. The van der Waals surface area contributed by atoms with Crippen LogP contribution in [-0.4, -0.2) is 48.7 Å². The Morgan fingerprint density at radius 2 is 1.68 bits per heavy atom. The van der Waals surface area contributed by atoms with E-state index in [1.807, 2.05) is 12.1 Å². The van der Waals surface area contributed by atoms with E-state index in [0.717, 1.165) is 13.1 Å². The van der Waals surface area contributed by atoms with Gasteiger partial charge in [-0.1, -0.05) is 36.4 Å². The molecule has 0 aliphatic carbocycles. The number of rotatable bonds is 5. The predicted molar refractivity (Wildman–Crippen MR) is 108 cm³/mol. The third-order valence-electron chi connectivity index (χ3n) is 5.19. The Kier molecular flexibility index (Phi) is 6.12. The first-order valence-electron chi connectivity index (χ1n) is 9.31. The second kappa shape index (κ2) is 8.38. The van der Waals surface area contributed by atoms with Crippen molar-refractivity contribution in [3.8, 4) is 0 Å². The van der Waals surface area contributed by atoms with Gasteiger partial charge in [-0.15, -0.1) is 0 Å². The van der Waals surface area contributed by atoms with Crippen LogP contribution in [0.2, 0.25) is 0 Å². The topological polar surface area (TPSA) is 83.8 Å². The smallest absolute Gasteiger partial charge is 0.289 e. The van der Waals surface area contributed by atoms with Gasteiger partial charge in [0.2, 0.25) is 10.0 Å². The predicted octanol–water partition coefficient (Wildman–Crippen LogP) is 3.11. The lowest BCUT2D eigenvalue weighted by Gasteiger charge is -2.23. The highest BCUT2D eigenvalue weighted by atomic mass is 32.2. The maximum atomic E-state index is 13.2. The van der Waals surface area contributed by atoms with Crippen LogP contribution in [0.25, 0.3) is 0 Å². The molecular weight excluding hydrogens is 378 g/mol. The third-order valence-corrected chi connectivity index (χ3v) is 7.28. The van der Waals surface area contributed by atoms with E-state index < -0.39 is 14.9 Å². The summed E-state index contributed by atoms with van der Waals surface area (Å²) in [7, 11) is -3.93. The van der Waals surface area contributed by atoms with Crippen LogP contribution in [0.3, 0.4) is 0 Å². The van der Waals surface area contributed by atoms with E-state index in [9.17, 15) is 18.5 Å². The Morgan fingerprint density at radius 1 is 0.964 bits per heavy atom. The van der Waals surface area contributed by atoms with Crippen molar-refractivity contribution >= 4 is 15.7 Å². The highest BCUT2D eigenvalue weighted by Gasteiger charge is 2.34. The fourth-order valence-corrected chi connectivity index (χ4v) is 5.45. The number of benzene rings is 2. The molecule has 8 heteroatoms. The summed E-state index contributed by atoms with van der Waals surface area (Å²) in [6.45, 7) is 6.50. The van der Waals surface area contributed by atoms with Gasteiger partial charge in [-0.3, -0.25) is 15.0 Å². The molecule has 2 aromatic rings. The molecular formula is C20H25N3O4S. The molecule has 28 heavy (non-hydrogen) atoms. The fraction of sp³-hybridized carbons (Fsp3) is 0.400. The first kappa shape index (κ1) is 20.4. The van der Waals surface area contributed by atoms with Gasteiger partial charge in [0.1, 0.15) is 0 Å². The van der Waals surface area contributed by atoms with Crippen LogP contribution in [-0.2, 0) is 16.6 Å². The molecule has 1 aliphatic rings. The Bertz CT molecular complexity index is 975. The van der Waals surface area contributed by atoms with E-state index in [0.29, 0.717) is 31.6 Å². The van der Waals surface area contributed by atoms with Crippen LogP contribution >= 0.6 is 0 Å². The average molecular weight is 404 g/mol. The van der Waals surface area contributed by atoms with Crippen LogP contribution < -0.4 is 0 Å². The molecule has 7 nitrogen and oxygen atoms in total. The van der Waals surface area contributed by atoms with Gasteiger partial charge in [0.05, 0.1) is 4.92 Å². The molecule has 0 amide bonds. The van der Waals surface area contributed by atoms with Crippen molar-refractivity contribution in [2.24, 2.45) is 0 Å². The quantitative estimate of drug-likeness (QED) is 0.566. The zero-order valence-corrected chi connectivity index (χ0v) is 17.0. The van der Waals surface area contributed by atoms with Gasteiger partial charge >= 0.3 is 0 Å². The van der Waals surface area contributed by atoms with Gasteiger partial charge in [0, 0.05) is 32.2 Å². The van der Waals surface area contributed by atoms with Crippen molar-refractivity contribution in [3.63, 3.8) is 0 Å². The van der Waals surface area contributed by atoms with Gasteiger partial charge in [-0.05, 0) is 43.5 Å². The standard InChI is InChI=1S/C20H25N3O4S/c1-16-7-3-4-9-18(16)15-21-11-6-12-22(14-13-21)28(26,27)20-17(2)8-5-10-19(20)23(24)25/h3-5,7-10H,6,11-15H2,1-2H3. The maximum Gasteiger partial charge on any atom is 0.289 e. The lowest BCUT2D eigenvalue weighted by Crippen LogP contribution is -2.35. The SMILES string of the molecule is Cc1ccccc1CN1CCCN(S(=O)(=O)c2c(C)cccc2[N+](=O)[O-])CC1. The second-order valence-corrected chi connectivity index (χ2v) is 9.02. The molecule has 0 radical (unpaired) electrons. The van der Waals surface area contributed by atoms with E-state index in [-0.39, 0.29) is 10.6 Å². The minimum atomic E-state index is -3.93. The molecule has 0 unspecified atom stereocenters. The molecule has 0 bridgehead atoms. The van der Waals surface area contributed by atoms with E-state index in [1.165, 1.54) is 27.6 Å². The lowest BCUT2D eigenvalue weighted by molar-refractivity contribution is -0.387. The molecule has 1 saturated heterocycles. The zero-order valence-electron chi connectivity index (χ0n) is 16.2. The number of nitro groups is 1. The van der Waals surface area contributed by atoms with Crippen molar-refractivity contribution in [3.05, 3.63) is 69.3 Å². The van der Waals surface area contributed by atoms with Crippen molar-refractivity contribution < 1.29 is 13.3 Å². The lowest BCUT2D eigenvalue weighted by atomic mass is 10.1. The number of nitro benzene ring substituents is 1. The highest BCUT2D eigenvalue weighted by molar-refractivity contribution is 7.89. The molecule has 2 aromatic carbocycles. The van der Waals surface area contributed by atoms with Gasteiger partial charge in [-0.2, -0.15) is 4.31 Å². The molecule has 0 N–H and O–H groups in total. The number of hydrogen-bond donors (Lipinski definition) is 0. The summed E-state index contributed by atoms with van der Waals surface area (Å²) in [4.78, 5) is 12.8. The van der Waals surface area contributed by atoms with E-state index >= 15 is 0 Å². The van der Waals surface area contributed by atoms with Gasteiger partial charge in [0.25, 0.3) is 5.69 Å². The summed E-state index contributed by atoms with van der Waals surface area (Å²) in [5.41, 5.74) is 2.48. The van der Waals surface area contributed by atoms with Gasteiger partial charge < -0.3 is 0 Å². The summed E-state index contributed by atoms with van der Waals surface area (Å²) in [6, 6.07) is 12.5. The summed E-state index contributed by atoms with van der Waals surface area (Å²) in [6.07, 6.45) is 0.685. The number of sulfonamides is 1. The first-order valence-corrected chi connectivity index (χ1v) is 10.8. The second-order valence-electron chi connectivity index (χ2n) is 7.14. The van der Waals surface area contributed by atoms with Crippen molar-refractivity contribution in [2.75, 3.05) is 26.2 Å². The van der Waals surface area contributed by atoms with E-state index in [4.69, 9.17) is 0 Å². The summed E-state index contributed by atoms with van der Waals surface area (Å²) in [5.74, 6) is 0. The number of hydrogen-bond acceptors (Lipinski definition) is 5. The maximum absolute atomic E-state index is 13.2. The molecule has 0 saturated carbocycles. The Labute approximate surface area is 165 Å². The van der Waals surface area contributed by atoms with Crippen LogP contribution in [0.15, 0.2) is 47.4 Å². The fourth-order valence-electron chi connectivity index (χ4n) is 3.62. The number of aryl methyl sites for hydroxylation is 2. The minimum Gasteiger partial charge on any atom is -0.298 e. The van der Waals surface area contributed by atoms with Gasteiger partial charge in [0.15, 0.2) is 4.90 Å². The molecule has 0 spiro atoms. The minimum absolute atomic E-state index is 0.188. The number of nitrogens with zero attached hydrogens (tertiary/aromatic N) is 3. The molecule has 3 rings (SSSR count). The van der Waals surface area contributed by atoms with Gasteiger partial charge in [-0.25, -0.2) is 8.42 Å². The Morgan fingerprint density at radius 3 is 2.39 bits per heavy atom.